The summed E-state index contributed by atoms with van der Waals surface area (Å²) in [6, 6.07) is 5.78. The monoisotopic (exact) mass is 191 g/mol. The van der Waals surface area contributed by atoms with E-state index in [2.05, 4.69) is 0 Å². The SMILES string of the molecule is CC(=Cc1cccc(C)c1C)[N+](=O)[O-]. The molecule has 0 aromatic heterocycles. The van der Waals surface area contributed by atoms with Gasteiger partial charge < -0.3 is 0 Å². The Balaban J connectivity index is 3.15. The molecule has 14 heavy (non-hydrogen) atoms. The second-order valence-electron chi connectivity index (χ2n) is 3.33. The third-order valence-corrected chi connectivity index (χ3v) is 2.30. The average Bonchev–Trinajstić information content (AvgIpc) is 2.12. The summed E-state index contributed by atoms with van der Waals surface area (Å²) in [5.74, 6) is 0. The van der Waals surface area contributed by atoms with Gasteiger partial charge in [0.1, 0.15) is 0 Å². The van der Waals surface area contributed by atoms with Crippen LogP contribution in [0.4, 0.5) is 0 Å². The lowest BCUT2D eigenvalue weighted by Gasteiger charge is -2.03. The van der Waals surface area contributed by atoms with Crippen LogP contribution in [0.1, 0.15) is 23.6 Å². The van der Waals surface area contributed by atoms with Crippen molar-refractivity contribution in [2.45, 2.75) is 20.8 Å². The molecule has 0 N–H and O–H groups in total. The first kappa shape index (κ1) is 10.4. The summed E-state index contributed by atoms with van der Waals surface area (Å²) in [5.41, 5.74) is 3.32. The first-order valence-electron chi connectivity index (χ1n) is 4.41. The minimum absolute atomic E-state index is 0.165. The fraction of sp³-hybridized carbons (Fsp3) is 0.273. The number of benzene rings is 1. The molecule has 3 heteroatoms. The van der Waals surface area contributed by atoms with E-state index in [4.69, 9.17) is 0 Å². The van der Waals surface area contributed by atoms with Crippen LogP contribution < -0.4 is 0 Å². The van der Waals surface area contributed by atoms with Gasteiger partial charge in [0, 0.05) is 13.0 Å². The Morgan fingerprint density at radius 2 is 2.07 bits per heavy atom. The first-order valence-corrected chi connectivity index (χ1v) is 4.41. The van der Waals surface area contributed by atoms with Gasteiger partial charge in [-0.3, -0.25) is 10.1 Å². The Hall–Kier alpha value is -1.64. The van der Waals surface area contributed by atoms with E-state index in [1.54, 1.807) is 6.08 Å². The molecule has 74 valence electrons. The van der Waals surface area contributed by atoms with E-state index in [0.717, 1.165) is 16.7 Å². The van der Waals surface area contributed by atoms with Gasteiger partial charge in [0.25, 0.3) is 0 Å². The Bertz CT molecular complexity index is 394. The molecule has 1 aromatic rings. The lowest BCUT2D eigenvalue weighted by molar-refractivity contribution is -0.422. The minimum Gasteiger partial charge on any atom is -0.259 e. The van der Waals surface area contributed by atoms with E-state index in [0.29, 0.717) is 0 Å². The van der Waals surface area contributed by atoms with Gasteiger partial charge in [0.2, 0.25) is 5.70 Å². The molecule has 0 fully saturated rings. The molecule has 0 bridgehead atoms. The number of hydrogen-bond acceptors (Lipinski definition) is 2. The highest BCUT2D eigenvalue weighted by atomic mass is 16.6. The predicted octanol–water partition coefficient (Wildman–Crippen LogP) is 2.94. The highest BCUT2D eigenvalue weighted by molar-refractivity contribution is 5.56. The van der Waals surface area contributed by atoms with Crippen molar-refractivity contribution in [1.82, 2.24) is 0 Å². The zero-order valence-electron chi connectivity index (χ0n) is 8.57. The molecule has 0 aliphatic rings. The van der Waals surface area contributed by atoms with Crippen molar-refractivity contribution < 1.29 is 4.92 Å². The summed E-state index contributed by atoms with van der Waals surface area (Å²) in [6.07, 6.45) is 1.60. The van der Waals surface area contributed by atoms with Gasteiger partial charge in [-0.1, -0.05) is 18.2 Å². The third-order valence-electron chi connectivity index (χ3n) is 2.30. The Morgan fingerprint density at radius 3 is 2.64 bits per heavy atom. The number of nitrogens with zero attached hydrogens (tertiary/aromatic N) is 1. The molecule has 0 aliphatic heterocycles. The van der Waals surface area contributed by atoms with E-state index < -0.39 is 0 Å². The molecular weight excluding hydrogens is 178 g/mol. The van der Waals surface area contributed by atoms with E-state index >= 15 is 0 Å². The Kier molecular flexibility index (Phi) is 3.02. The van der Waals surface area contributed by atoms with Gasteiger partial charge in [-0.15, -0.1) is 0 Å². The number of aryl methyl sites for hydroxylation is 1. The van der Waals surface area contributed by atoms with E-state index in [9.17, 15) is 10.1 Å². The molecule has 0 aliphatic carbocycles. The molecule has 0 saturated heterocycles. The number of nitro groups is 1. The molecule has 0 radical (unpaired) electrons. The van der Waals surface area contributed by atoms with Crippen LogP contribution in [0.25, 0.3) is 6.08 Å². The summed E-state index contributed by atoms with van der Waals surface area (Å²) in [4.78, 5) is 10.1. The lowest BCUT2D eigenvalue weighted by atomic mass is 10.0. The number of allylic oxidation sites excluding steroid dienone is 1. The maximum absolute atomic E-state index is 10.4. The predicted molar refractivity (Wildman–Crippen MR) is 56.6 cm³/mol. The summed E-state index contributed by atoms with van der Waals surface area (Å²) < 4.78 is 0. The van der Waals surface area contributed by atoms with Crippen molar-refractivity contribution in [3.8, 4) is 0 Å². The maximum atomic E-state index is 10.4. The molecule has 1 aromatic carbocycles. The van der Waals surface area contributed by atoms with Crippen molar-refractivity contribution in [1.29, 1.82) is 0 Å². The van der Waals surface area contributed by atoms with Crippen LogP contribution in [0.2, 0.25) is 0 Å². The average molecular weight is 191 g/mol. The maximum Gasteiger partial charge on any atom is 0.243 e. The normalized spacial score (nSPS) is 11.5. The van der Waals surface area contributed by atoms with Crippen LogP contribution in [-0.4, -0.2) is 4.92 Å². The van der Waals surface area contributed by atoms with E-state index in [1.165, 1.54) is 6.92 Å². The van der Waals surface area contributed by atoms with Crippen molar-refractivity contribution >= 4 is 6.08 Å². The van der Waals surface area contributed by atoms with Crippen molar-refractivity contribution in [2.75, 3.05) is 0 Å². The van der Waals surface area contributed by atoms with Crippen molar-refractivity contribution in [3.63, 3.8) is 0 Å². The zero-order chi connectivity index (χ0) is 10.7. The highest BCUT2D eigenvalue weighted by Crippen LogP contribution is 2.15. The van der Waals surface area contributed by atoms with Crippen LogP contribution in [0, 0.1) is 24.0 Å². The van der Waals surface area contributed by atoms with Crippen LogP contribution in [0.3, 0.4) is 0 Å². The van der Waals surface area contributed by atoms with Crippen molar-refractivity contribution in [2.24, 2.45) is 0 Å². The van der Waals surface area contributed by atoms with Gasteiger partial charge in [0.15, 0.2) is 0 Å². The molecule has 3 nitrogen and oxygen atoms in total. The lowest BCUT2D eigenvalue weighted by Crippen LogP contribution is -1.94. The smallest absolute Gasteiger partial charge is 0.243 e. The van der Waals surface area contributed by atoms with Gasteiger partial charge in [-0.05, 0) is 30.5 Å². The number of rotatable bonds is 2. The molecule has 0 saturated carbocycles. The topological polar surface area (TPSA) is 43.1 Å². The standard InChI is InChI=1S/C11H13NO2/c1-8-5-4-6-11(10(8)3)7-9(2)12(13)14/h4-7H,1-3H3. The quantitative estimate of drug-likeness (QED) is 0.532. The van der Waals surface area contributed by atoms with Gasteiger partial charge >= 0.3 is 0 Å². The van der Waals surface area contributed by atoms with Crippen LogP contribution in [-0.2, 0) is 0 Å². The largest absolute Gasteiger partial charge is 0.259 e. The van der Waals surface area contributed by atoms with Crippen LogP contribution in [0.15, 0.2) is 23.9 Å². The second-order valence-corrected chi connectivity index (χ2v) is 3.33. The number of hydrogen-bond donors (Lipinski definition) is 0. The minimum atomic E-state index is -0.373. The highest BCUT2D eigenvalue weighted by Gasteiger charge is 2.04. The second kappa shape index (κ2) is 4.05. The fourth-order valence-corrected chi connectivity index (χ4v) is 1.21. The molecule has 0 unspecified atom stereocenters. The third kappa shape index (κ3) is 2.19. The van der Waals surface area contributed by atoms with Gasteiger partial charge in [0.05, 0.1) is 4.92 Å². The molecular formula is C11H13NO2. The van der Waals surface area contributed by atoms with Gasteiger partial charge in [-0.25, -0.2) is 0 Å². The van der Waals surface area contributed by atoms with E-state index in [-0.39, 0.29) is 10.6 Å². The summed E-state index contributed by atoms with van der Waals surface area (Å²) in [6.45, 7) is 5.46. The molecule has 1 rings (SSSR count). The molecule has 0 atom stereocenters. The fourth-order valence-electron chi connectivity index (χ4n) is 1.21. The summed E-state index contributed by atoms with van der Waals surface area (Å²) in [5, 5.41) is 10.4. The van der Waals surface area contributed by atoms with E-state index in [1.807, 2.05) is 32.0 Å². The molecule has 0 spiro atoms. The van der Waals surface area contributed by atoms with Crippen LogP contribution in [0.5, 0.6) is 0 Å². The molecule has 0 amide bonds. The van der Waals surface area contributed by atoms with Crippen LogP contribution >= 0.6 is 0 Å². The Morgan fingerprint density at radius 1 is 1.43 bits per heavy atom. The molecule has 0 heterocycles. The van der Waals surface area contributed by atoms with Crippen molar-refractivity contribution in [3.05, 3.63) is 50.7 Å². The summed E-state index contributed by atoms with van der Waals surface area (Å²) in [7, 11) is 0. The Labute approximate surface area is 83.2 Å². The first-order chi connectivity index (χ1) is 6.52. The zero-order valence-corrected chi connectivity index (χ0v) is 8.57. The summed E-state index contributed by atoms with van der Waals surface area (Å²) >= 11 is 0. The van der Waals surface area contributed by atoms with Gasteiger partial charge in [-0.2, -0.15) is 0 Å².